The number of nitrogens with zero attached hydrogens (tertiary/aromatic N) is 1. The molecule has 0 radical (unpaired) electrons. The van der Waals surface area contributed by atoms with E-state index >= 15 is 0 Å². The number of fused-ring (bicyclic) bond motifs is 1. The van der Waals surface area contributed by atoms with Gasteiger partial charge in [-0.1, -0.05) is 36.4 Å². The SMILES string of the molecule is C=CCN(Cc1ccccc1)S(=O)(=O)c1ccc2[nH]c(=O)oc2c1. The molecule has 24 heavy (non-hydrogen) atoms. The topological polar surface area (TPSA) is 83.4 Å². The molecule has 0 aliphatic heterocycles. The van der Waals surface area contributed by atoms with Crippen LogP contribution in [-0.2, 0) is 16.6 Å². The summed E-state index contributed by atoms with van der Waals surface area (Å²) in [4.78, 5) is 13.8. The van der Waals surface area contributed by atoms with Gasteiger partial charge in [0.2, 0.25) is 10.0 Å². The summed E-state index contributed by atoms with van der Waals surface area (Å²) in [6.45, 7) is 4.03. The molecule has 7 heteroatoms. The van der Waals surface area contributed by atoms with E-state index in [9.17, 15) is 13.2 Å². The standard InChI is InChI=1S/C17H16N2O4S/c1-2-10-19(12-13-6-4-3-5-7-13)24(21,22)14-8-9-15-16(11-14)23-17(20)18-15/h2-9,11H,1,10,12H2,(H,18,20). The van der Waals surface area contributed by atoms with E-state index in [2.05, 4.69) is 11.6 Å². The third-order valence-corrected chi connectivity index (χ3v) is 5.37. The van der Waals surface area contributed by atoms with Gasteiger partial charge in [0.05, 0.1) is 10.4 Å². The van der Waals surface area contributed by atoms with Gasteiger partial charge in [-0.2, -0.15) is 4.31 Å². The fourth-order valence-electron chi connectivity index (χ4n) is 2.41. The van der Waals surface area contributed by atoms with Crippen molar-refractivity contribution < 1.29 is 12.8 Å². The van der Waals surface area contributed by atoms with Crippen molar-refractivity contribution in [2.45, 2.75) is 11.4 Å². The molecule has 0 bridgehead atoms. The summed E-state index contributed by atoms with van der Waals surface area (Å²) in [5.74, 6) is -0.619. The number of oxazole rings is 1. The quantitative estimate of drug-likeness (QED) is 0.697. The molecule has 0 saturated carbocycles. The van der Waals surface area contributed by atoms with Crippen molar-refractivity contribution in [1.29, 1.82) is 0 Å². The molecule has 0 atom stereocenters. The van der Waals surface area contributed by atoms with Crippen molar-refractivity contribution in [2.75, 3.05) is 6.54 Å². The fraction of sp³-hybridized carbons (Fsp3) is 0.118. The molecule has 0 fully saturated rings. The number of sulfonamides is 1. The Balaban J connectivity index is 2.00. The predicted octanol–water partition coefficient (Wildman–Crippen LogP) is 2.50. The monoisotopic (exact) mass is 344 g/mol. The minimum absolute atomic E-state index is 0.0653. The number of aromatic amines is 1. The molecule has 0 amide bonds. The molecule has 0 aliphatic carbocycles. The first-order chi connectivity index (χ1) is 11.5. The van der Waals surface area contributed by atoms with Crippen molar-refractivity contribution in [2.24, 2.45) is 0 Å². The molecule has 2 aromatic carbocycles. The van der Waals surface area contributed by atoms with Crippen LogP contribution in [-0.4, -0.2) is 24.3 Å². The molecule has 0 spiro atoms. The second kappa shape index (κ2) is 6.46. The van der Waals surface area contributed by atoms with Crippen LogP contribution in [0.1, 0.15) is 5.56 Å². The summed E-state index contributed by atoms with van der Waals surface area (Å²) in [6, 6.07) is 13.6. The van der Waals surface area contributed by atoms with Gasteiger partial charge in [-0.3, -0.25) is 4.98 Å². The van der Waals surface area contributed by atoms with Crippen molar-refractivity contribution in [3.8, 4) is 0 Å². The van der Waals surface area contributed by atoms with Crippen LogP contribution in [0, 0.1) is 0 Å². The fourth-order valence-corrected chi connectivity index (χ4v) is 3.83. The normalized spacial score (nSPS) is 11.9. The van der Waals surface area contributed by atoms with Crippen LogP contribution >= 0.6 is 0 Å². The molecule has 6 nitrogen and oxygen atoms in total. The Hall–Kier alpha value is -2.64. The number of hydrogen-bond acceptors (Lipinski definition) is 4. The van der Waals surface area contributed by atoms with Crippen LogP contribution in [0.2, 0.25) is 0 Å². The third kappa shape index (κ3) is 3.17. The van der Waals surface area contributed by atoms with Crippen molar-refractivity contribution in [3.63, 3.8) is 0 Å². The highest BCUT2D eigenvalue weighted by Gasteiger charge is 2.24. The average molecular weight is 344 g/mol. The molecule has 0 aliphatic rings. The lowest BCUT2D eigenvalue weighted by atomic mass is 10.2. The summed E-state index contributed by atoms with van der Waals surface area (Å²) in [6.07, 6.45) is 1.54. The Morgan fingerprint density at radius 3 is 2.62 bits per heavy atom. The number of hydrogen-bond donors (Lipinski definition) is 1. The lowest BCUT2D eigenvalue weighted by Crippen LogP contribution is -2.30. The minimum Gasteiger partial charge on any atom is -0.408 e. The van der Waals surface area contributed by atoms with Crippen LogP contribution < -0.4 is 5.76 Å². The Bertz CT molecular complexity index is 1020. The lowest BCUT2D eigenvalue weighted by Gasteiger charge is -2.20. The van der Waals surface area contributed by atoms with Crippen LogP contribution in [0.25, 0.3) is 11.1 Å². The van der Waals surface area contributed by atoms with E-state index in [4.69, 9.17) is 4.42 Å². The number of aromatic nitrogens is 1. The number of rotatable bonds is 6. The van der Waals surface area contributed by atoms with Gasteiger partial charge in [-0.15, -0.1) is 6.58 Å². The lowest BCUT2D eigenvalue weighted by molar-refractivity contribution is 0.438. The van der Waals surface area contributed by atoms with Gasteiger partial charge < -0.3 is 4.42 Å². The van der Waals surface area contributed by atoms with E-state index < -0.39 is 15.8 Å². The van der Waals surface area contributed by atoms with Gasteiger partial charge in [0.25, 0.3) is 0 Å². The number of nitrogens with one attached hydrogen (secondary N) is 1. The second-order valence-corrected chi connectivity index (χ2v) is 7.18. The molecule has 1 aromatic heterocycles. The van der Waals surface area contributed by atoms with Gasteiger partial charge in [0.15, 0.2) is 5.58 Å². The molecule has 1 heterocycles. The van der Waals surface area contributed by atoms with Gasteiger partial charge in [-0.05, 0) is 17.7 Å². The number of benzene rings is 2. The van der Waals surface area contributed by atoms with Crippen LogP contribution in [0.15, 0.2) is 75.3 Å². The van der Waals surface area contributed by atoms with Crippen molar-refractivity contribution in [3.05, 3.63) is 77.3 Å². The van der Waals surface area contributed by atoms with Crippen LogP contribution in [0.4, 0.5) is 0 Å². The van der Waals surface area contributed by atoms with E-state index in [0.717, 1.165) is 5.56 Å². The zero-order valence-electron chi connectivity index (χ0n) is 12.8. The summed E-state index contributed by atoms with van der Waals surface area (Å²) < 4.78 is 32.1. The first-order valence-electron chi connectivity index (χ1n) is 7.28. The van der Waals surface area contributed by atoms with Gasteiger partial charge in [-0.25, -0.2) is 13.2 Å². The van der Waals surface area contributed by atoms with Crippen LogP contribution in [0.3, 0.4) is 0 Å². The largest absolute Gasteiger partial charge is 0.417 e. The van der Waals surface area contributed by atoms with E-state index in [-0.39, 0.29) is 23.6 Å². The van der Waals surface area contributed by atoms with E-state index in [1.165, 1.54) is 28.6 Å². The first-order valence-corrected chi connectivity index (χ1v) is 8.72. The second-order valence-electron chi connectivity index (χ2n) is 5.24. The minimum atomic E-state index is -3.76. The Kier molecular flexibility index (Phi) is 4.37. The maximum absolute atomic E-state index is 12.9. The summed E-state index contributed by atoms with van der Waals surface area (Å²) >= 11 is 0. The number of H-pyrrole nitrogens is 1. The Labute approximate surface area is 139 Å². The van der Waals surface area contributed by atoms with Crippen molar-refractivity contribution >= 4 is 21.1 Å². The van der Waals surface area contributed by atoms with E-state index in [1.54, 1.807) is 0 Å². The molecular formula is C17H16N2O4S. The van der Waals surface area contributed by atoms with E-state index in [0.29, 0.717) is 5.52 Å². The smallest absolute Gasteiger partial charge is 0.408 e. The van der Waals surface area contributed by atoms with Crippen molar-refractivity contribution in [1.82, 2.24) is 9.29 Å². The maximum Gasteiger partial charge on any atom is 0.417 e. The van der Waals surface area contributed by atoms with E-state index in [1.807, 2.05) is 30.3 Å². The average Bonchev–Trinajstić information content (AvgIpc) is 2.94. The van der Waals surface area contributed by atoms with Gasteiger partial charge in [0.1, 0.15) is 0 Å². The zero-order chi connectivity index (χ0) is 17.2. The molecule has 3 rings (SSSR count). The molecular weight excluding hydrogens is 328 g/mol. The predicted molar refractivity (Wildman–Crippen MR) is 91.1 cm³/mol. The molecule has 0 saturated heterocycles. The molecule has 3 aromatic rings. The summed E-state index contributed by atoms with van der Waals surface area (Å²) in [5.41, 5.74) is 1.54. The molecule has 1 N–H and O–H groups in total. The Morgan fingerprint density at radius 1 is 1.17 bits per heavy atom. The van der Waals surface area contributed by atoms with Gasteiger partial charge >= 0.3 is 5.76 Å². The summed E-state index contributed by atoms with van der Waals surface area (Å²) in [7, 11) is -3.76. The first kappa shape index (κ1) is 16.2. The third-order valence-electron chi connectivity index (χ3n) is 3.56. The molecule has 124 valence electrons. The molecule has 0 unspecified atom stereocenters. The van der Waals surface area contributed by atoms with Gasteiger partial charge in [0, 0.05) is 19.2 Å². The summed E-state index contributed by atoms with van der Waals surface area (Å²) in [5, 5.41) is 0. The maximum atomic E-state index is 12.9. The Morgan fingerprint density at radius 2 is 1.92 bits per heavy atom. The zero-order valence-corrected chi connectivity index (χ0v) is 13.6. The highest BCUT2D eigenvalue weighted by molar-refractivity contribution is 7.89. The van der Waals surface area contributed by atoms with Crippen LogP contribution in [0.5, 0.6) is 0 Å². The highest BCUT2D eigenvalue weighted by Crippen LogP contribution is 2.22. The highest BCUT2D eigenvalue weighted by atomic mass is 32.2.